The van der Waals surface area contributed by atoms with Crippen molar-refractivity contribution in [1.29, 1.82) is 0 Å². The van der Waals surface area contributed by atoms with Gasteiger partial charge < -0.3 is 10.4 Å². The summed E-state index contributed by atoms with van der Waals surface area (Å²) in [6.45, 7) is 0. The predicted molar refractivity (Wildman–Crippen MR) is 52.7 cm³/mol. The second-order valence-electron chi connectivity index (χ2n) is 2.80. The van der Waals surface area contributed by atoms with Crippen molar-refractivity contribution in [2.24, 2.45) is 0 Å². The summed E-state index contributed by atoms with van der Waals surface area (Å²) < 4.78 is 0. The Labute approximate surface area is 81.3 Å². The number of anilines is 2. The van der Waals surface area contributed by atoms with E-state index in [9.17, 15) is 4.79 Å². The van der Waals surface area contributed by atoms with Crippen LogP contribution in [0.5, 0.6) is 0 Å². The van der Waals surface area contributed by atoms with Gasteiger partial charge in [-0.05, 0) is 17.7 Å². The van der Waals surface area contributed by atoms with Crippen molar-refractivity contribution in [1.82, 2.24) is 0 Å². The molecule has 0 saturated carbocycles. The van der Waals surface area contributed by atoms with Gasteiger partial charge in [-0.25, -0.2) is 0 Å². The first-order valence-corrected chi connectivity index (χ1v) is 4.10. The quantitative estimate of drug-likeness (QED) is 0.543. The topological polar surface area (TPSA) is 81.6 Å². The minimum Gasteiger partial charge on any atom is -0.481 e. The molecule has 76 valence electrons. The summed E-state index contributed by atoms with van der Waals surface area (Å²) in [6.07, 6.45) is -0.118. The lowest BCUT2D eigenvalue weighted by Crippen LogP contribution is -2.04. The summed E-state index contributed by atoms with van der Waals surface area (Å²) in [5.41, 5.74) is 3.72. The molecule has 0 atom stereocenters. The van der Waals surface area contributed by atoms with Gasteiger partial charge in [-0.2, -0.15) is 0 Å². The first kappa shape index (κ1) is 10.3. The van der Waals surface area contributed by atoms with Crippen LogP contribution in [0.25, 0.3) is 0 Å². The molecule has 5 nitrogen and oxygen atoms in total. The normalized spacial score (nSPS) is 9.57. The van der Waals surface area contributed by atoms with Crippen molar-refractivity contribution in [3.05, 3.63) is 23.8 Å². The Balaban J connectivity index is 2.98. The van der Waals surface area contributed by atoms with Crippen molar-refractivity contribution in [3.8, 4) is 0 Å². The molecule has 0 aliphatic rings. The Morgan fingerprint density at radius 3 is 2.71 bits per heavy atom. The summed E-state index contributed by atoms with van der Waals surface area (Å²) in [5.74, 6) is -0.932. The van der Waals surface area contributed by atoms with Crippen LogP contribution in [0.15, 0.2) is 18.2 Å². The van der Waals surface area contributed by atoms with E-state index in [1.54, 1.807) is 25.2 Å². The van der Waals surface area contributed by atoms with Gasteiger partial charge >= 0.3 is 5.97 Å². The van der Waals surface area contributed by atoms with E-state index in [0.29, 0.717) is 11.3 Å². The predicted octanol–water partition coefficient (Wildman–Crippen LogP) is 1.16. The van der Waals surface area contributed by atoms with Gasteiger partial charge in [0.25, 0.3) is 0 Å². The number of hydrogen-bond acceptors (Lipinski definition) is 4. The zero-order valence-corrected chi connectivity index (χ0v) is 7.74. The van der Waals surface area contributed by atoms with E-state index in [2.05, 4.69) is 5.32 Å². The zero-order chi connectivity index (χ0) is 10.6. The fraction of sp³-hybridized carbons (Fsp3) is 0.222. The van der Waals surface area contributed by atoms with Crippen LogP contribution < -0.4 is 10.8 Å². The molecular weight excluding hydrogens is 184 g/mol. The molecule has 0 aliphatic heterocycles. The van der Waals surface area contributed by atoms with E-state index < -0.39 is 5.97 Å². The fourth-order valence-electron chi connectivity index (χ4n) is 1.15. The number of carbonyl (C=O) groups is 1. The molecule has 1 rings (SSSR count). The third-order valence-corrected chi connectivity index (χ3v) is 1.86. The summed E-state index contributed by atoms with van der Waals surface area (Å²) in [5, 5.41) is 20.3. The van der Waals surface area contributed by atoms with Gasteiger partial charge in [0.1, 0.15) is 0 Å². The van der Waals surface area contributed by atoms with E-state index in [1.807, 2.05) is 5.48 Å². The highest BCUT2D eigenvalue weighted by molar-refractivity contribution is 5.74. The van der Waals surface area contributed by atoms with Crippen LogP contribution in [0.3, 0.4) is 0 Å². The Morgan fingerprint density at radius 2 is 2.21 bits per heavy atom. The molecule has 1 aromatic rings. The molecule has 5 heteroatoms. The minimum absolute atomic E-state index is 0.118. The van der Waals surface area contributed by atoms with Gasteiger partial charge in [0.15, 0.2) is 0 Å². The first-order valence-electron chi connectivity index (χ1n) is 4.10. The maximum Gasteiger partial charge on any atom is 0.307 e. The highest BCUT2D eigenvalue weighted by atomic mass is 16.5. The van der Waals surface area contributed by atoms with Crippen LogP contribution >= 0.6 is 0 Å². The molecule has 4 N–H and O–H groups in total. The number of hydrogen-bond donors (Lipinski definition) is 4. The van der Waals surface area contributed by atoms with Crippen LogP contribution in [-0.4, -0.2) is 23.3 Å². The van der Waals surface area contributed by atoms with Gasteiger partial charge in [-0.3, -0.25) is 15.5 Å². The molecule has 0 saturated heterocycles. The third kappa shape index (κ3) is 2.37. The first-order chi connectivity index (χ1) is 6.67. The molecule has 0 spiro atoms. The molecule has 1 aromatic carbocycles. The molecule has 0 unspecified atom stereocenters. The van der Waals surface area contributed by atoms with Crippen molar-refractivity contribution < 1.29 is 15.1 Å². The largest absolute Gasteiger partial charge is 0.481 e. The maximum atomic E-state index is 10.5. The smallest absolute Gasteiger partial charge is 0.307 e. The van der Waals surface area contributed by atoms with E-state index in [-0.39, 0.29) is 6.42 Å². The average Bonchev–Trinajstić information content (AvgIpc) is 2.17. The summed E-state index contributed by atoms with van der Waals surface area (Å²) in [7, 11) is 1.74. The zero-order valence-electron chi connectivity index (χ0n) is 7.74. The Hall–Kier alpha value is -1.75. The van der Waals surface area contributed by atoms with Crippen LogP contribution in [-0.2, 0) is 11.2 Å². The molecule has 14 heavy (non-hydrogen) atoms. The van der Waals surface area contributed by atoms with E-state index >= 15 is 0 Å². The number of rotatable bonds is 4. The molecule has 0 fully saturated rings. The van der Waals surface area contributed by atoms with E-state index in [4.69, 9.17) is 10.3 Å². The lowest BCUT2D eigenvalue weighted by molar-refractivity contribution is -0.136. The van der Waals surface area contributed by atoms with Gasteiger partial charge in [0.2, 0.25) is 0 Å². The number of nitrogens with one attached hydrogen (secondary N) is 2. The van der Waals surface area contributed by atoms with Gasteiger partial charge in [0.05, 0.1) is 12.1 Å². The third-order valence-electron chi connectivity index (χ3n) is 1.86. The Kier molecular flexibility index (Phi) is 3.30. The Morgan fingerprint density at radius 1 is 1.50 bits per heavy atom. The molecule has 0 amide bonds. The van der Waals surface area contributed by atoms with Crippen LogP contribution in [0.1, 0.15) is 5.56 Å². The van der Waals surface area contributed by atoms with Gasteiger partial charge in [-0.1, -0.05) is 6.07 Å². The highest BCUT2D eigenvalue weighted by Crippen LogP contribution is 2.20. The van der Waals surface area contributed by atoms with E-state index in [1.165, 1.54) is 0 Å². The van der Waals surface area contributed by atoms with E-state index in [0.717, 1.165) is 5.69 Å². The average molecular weight is 196 g/mol. The summed E-state index contributed by atoms with van der Waals surface area (Å²) >= 11 is 0. The minimum atomic E-state index is -0.932. The van der Waals surface area contributed by atoms with Crippen molar-refractivity contribution >= 4 is 17.3 Å². The molecular formula is C9H12N2O3. The molecule has 0 aromatic heterocycles. The van der Waals surface area contributed by atoms with Crippen LogP contribution in [0, 0.1) is 0 Å². The van der Waals surface area contributed by atoms with Gasteiger partial charge in [-0.15, -0.1) is 0 Å². The Bertz CT molecular complexity index is 339. The summed E-state index contributed by atoms with van der Waals surface area (Å²) in [4.78, 5) is 10.5. The number of carboxylic acid groups (broad SMARTS) is 1. The van der Waals surface area contributed by atoms with Crippen molar-refractivity contribution in [2.75, 3.05) is 17.8 Å². The van der Waals surface area contributed by atoms with Gasteiger partial charge in [0, 0.05) is 12.7 Å². The molecule has 0 bridgehead atoms. The number of carboxylic acids is 1. The lowest BCUT2D eigenvalue weighted by Gasteiger charge is -2.08. The molecule has 0 heterocycles. The lowest BCUT2D eigenvalue weighted by atomic mass is 10.1. The number of aliphatic carboxylic acids is 1. The second-order valence-corrected chi connectivity index (χ2v) is 2.80. The summed E-state index contributed by atoms with van der Waals surface area (Å²) in [6, 6.07) is 5.04. The standard InChI is InChI=1S/C9H12N2O3/c1-10-7-3-2-6(4-9(12)13)8(5-7)11-14/h2-3,5,10-11,14H,4H2,1H3,(H,12,13). The molecule has 0 aliphatic carbocycles. The SMILES string of the molecule is CNc1ccc(CC(=O)O)c(NO)c1. The second kappa shape index (κ2) is 4.48. The fourth-order valence-corrected chi connectivity index (χ4v) is 1.15. The number of benzene rings is 1. The molecule has 0 radical (unpaired) electrons. The van der Waals surface area contributed by atoms with Crippen molar-refractivity contribution in [2.45, 2.75) is 6.42 Å². The van der Waals surface area contributed by atoms with Crippen LogP contribution in [0.2, 0.25) is 0 Å². The highest BCUT2D eigenvalue weighted by Gasteiger charge is 2.06. The maximum absolute atomic E-state index is 10.5. The monoisotopic (exact) mass is 196 g/mol. The van der Waals surface area contributed by atoms with Crippen LogP contribution in [0.4, 0.5) is 11.4 Å². The van der Waals surface area contributed by atoms with Crippen molar-refractivity contribution in [3.63, 3.8) is 0 Å².